The van der Waals surface area contributed by atoms with Crippen LogP contribution >= 0.6 is 0 Å². The maximum Gasteiger partial charge on any atom is 0.416 e. The number of rotatable bonds is 5. The molecule has 2 saturated heterocycles. The van der Waals surface area contributed by atoms with Gasteiger partial charge in [0.25, 0.3) is 0 Å². The summed E-state index contributed by atoms with van der Waals surface area (Å²) >= 11 is 0. The zero-order valence-electron chi connectivity index (χ0n) is 17.3. The second kappa shape index (κ2) is 9.36. The van der Waals surface area contributed by atoms with E-state index in [1.807, 2.05) is 23.1 Å². The van der Waals surface area contributed by atoms with Crippen molar-refractivity contribution in [1.82, 2.24) is 14.8 Å². The molecule has 1 atom stereocenters. The van der Waals surface area contributed by atoms with Crippen molar-refractivity contribution >= 4 is 5.91 Å². The molecule has 0 N–H and O–H groups in total. The van der Waals surface area contributed by atoms with Crippen LogP contribution in [0.2, 0.25) is 0 Å². The highest BCUT2D eigenvalue weighted by Gasteiger charge is 2.32. The molecule has 8 heteroatoms. The number of halogens is 3. The van der Waals surface area contributed by atoms with Gasteiger partial charge in [-0.25, -0.2) is 0 Å². The van der Waals surface area contributed by atoms with Crippen LogP contribution in [0.4, 0.5) is 13.2 Å². The van der Waals surface area contributed by atoms with E-state index in [1.54, 1.807) is 0 Å². The summed E-state index contributed by atoms with van der Waals surface area (Å²) < 4.78 is 43.7. The second-order valence-corrected chi connectivity index (χ2v) is 8.06. The van der Waals surface area contributed by atoms with E-state index in [9.17, 15) is 18.0 Å². The third-order valence-corrected chi connectivity index (χ3v) is 5.87. The number of benzene rings is 1. The fourth-order valence-electron chi connectivity index (χ4n) is 4.22. The first kappa shape index (κ1) is 21.8. The van der Waals surface area contributed by atoms with Crippen molar-refractivity contribution in [2.24, 2.45) is 0 Å². The Morgan fingerprint density at radius 1 is 1.06 bits per heavy atom. The lowest BCUT2D eigenvalue weighted by atomic mass is 10.1. The molecule has 166 valence electrons. The molecule has 1 aromatic carbocycles. The lowest BCUT2D eigenvalue weighted by Crippen LogP contribution is -2.44. The zero-order valence-corrected chi connectivity index (χ0v) is 17.3. The van der Waals surface area contributed by atoms with Gasteiger partial charge >= 0.3 is 6.18 Å². The third kappa shape index (κ3) is 5.43. The highest BCUT2D eigenvalue weighted by Crippen LogP contribution is 2.32. The predicted molar refractivity (Wildman–Crippen MR) is 109 cm³/mol. The molecule has 2 fully saturated rings. The summed E-state index contributed by atoms with van der Waals surface area (Å²) in [5, 5.41) is 0. The smallest absolute Gasteiger partial charge is 0.379 e. The van der Waals surface area contributed by atoms with Gasteiger partial charge in [0.2, 0.25) is 5.91 Å². The maximum absolute atomic E-state index is 12.9. The standard InChI is InChI=1S/C23H26F3N3O2/c24-23(25,26)18-8-6-17(7-9-18)15-19-3-1-4-20(27-19)21-5-2-10-29(21)22(30)16-28-11-13-31-14-12-28/h1,3-4,6-9,21H,2,5,10-16H2/t21-/m0/s1. The summed E-state index contributed by atoms with van der Waals surface area (Å²) in [6, 6.07) is 10.8. The Labute approximate surface area is 179 Å². The van der Waals surface area contributed by atoms with Crippen LogP contribution in [0.1, 0.15) is 41.4 Å². The van der Waals surface area contributed by atoms with Gasteiger partial charge in [0.05, 0.1) is 37.1 Å². The van der Waals surface area contributed by atoms with Crippen LogP contribution in [0.25, 0.3) is 0 Å². The van der Waals surface area contributed by atoms with Crippen LogP contribution in [0, 0.1) is 0 Å². The molecule has 3 heterocycles. The number of carbonyl (C=O) groups is 1. The molecular formula is C23H26F3N3O2. The minimum Gasteiger partial charge on any atom is -0.379 e. The first-order valence-corrected chi connectivity index (χ1v) is 10.6. The minimum absolute atomic E-state index is 0.0545. The number of carbonyl (C=O) groups excluding carboxylic acids is 1. The van der Waals surface area contributed by atoms with Crippen molar-refractivity contribution in [2.75, 3.05) is 39.4 Å². The Bertz CT molecular complexity index is 896. The Morgan fingerprint density at radius 2 is 1.81 bits per heavy atom. The molecule has 0 bridgehead atoms. The van der Waals surface area contributed by atoms with Crippen molar-refractivity contribution in [3.63, 3.8) is 0 Å². The minimum atomic E-state index is -4.34. The third-order valence-electron chi connectivity index (χ3n) is 5.87. The zero-order chi connectivity index (χ0) is 21.8. The maximum atomic E-state index is 12.9. The molecule has 0 radical (unpaired) electrons. The van der Waals surface area contributed by atoms with Crippen LogP contribution in [-0.2, 0) is 22.1 Å². The summed E-state index contributed by atoms with van der Waals surface area (Å²) in [4.78, 5) is 21.7. The largest absolute Gasteiger partial charge is 0.416 e. The summed E-state index contributed by atoms with van der Waals surface area (Å²) in [5.41, 5.74) is 1.74. The predicted octanol–water partition coefficient (Wildman–Crippen LogP) is 3.69. The van der Waals surface area contributed by atoms with Gasteiger partial charge in [-0.05, 0) is 42.7 Å². The summed E-state index contributed by atoms with van der Waals surface area (Å²) in [6.07, 6.45) is -2.09. The lowest BCUT2D eigenvalue weighted by molar-refractivity contribution is -0.137. The summed E-state index contributed by atoms with van der Waals surface area (Å²) in [7, 11) is 0. The van der Waals surface area contributed by atoms with E-state index in [4.69, 9.17) is 9.72 Å². The quantitative estimate of drug-likeness (QED) is 0.722. The normalized spacial score (nSPS) is 20.2. The number of hydrogen-bond acceptors (Lipinski definition) is 4. The number of aromatic nitrogens is 1. The number of amides is 1. The SMILES string of the molecule is O=C(CN1CCOCC1)N1CCC[C@H]1c1cccc(Cc2ccc(C(F)(F)F)cc2)n1. The number of alkyl halides is 3. The van der Waals surface area contributed by atoms with E-state index in [2.05, 4.69) is 4.90 Å². The fraction of sp³-hybridized carbons (Fsp3) is 0.478. The van der Waals surface area contributed by atoms with Gasteiger partial charge in [0.1, 0.15) is 0 Å². The van der Waals surface area contributed by atoms with Crippen LogP contribution in [0.15, 0.2) is 42.5 Å². The van der Waals surface area contributed by atoms with Crippen LogP contribution in [0.5, 0.6) is 0 Å². The first-order valence-electron chi connectivity index (χ1n) is 10.6. The van der Waals surface area contributed by atoms with Gasteiger partial charge in [-0.15, -0.1) is 0 Å². The van der Waals surface area contributed by atoms with Crippen LogP contribution in [-0.4, -0.2) is 60.1 Å². The van der Waals surface area contributed by atoms with Gasteiger partial charge in [-0.1, -0.05) is 18.2 Å². The molecule has 0 spiro atoms. The van der Waals surface area contributed by atoms with E-state index >= 15 is 0 Å². The number of pyridine rings is 1. The molecule has 1 aromatic heterocycles. The molecule has 2 aliphatic heterocycles. The van der Waals surface area contributed by atoms with Crippen molar-refractivity contribution in [3.8, 4) is 0 Å². The van der Waals surface area contributed by atoms with E-state index in [0.717, 1.165) is 61.6 Å². The number of hydrogen-bond donors (Lipinski definition) is 0. The molecular weight excluding hydrogens is 407 g/mol. The van der Waals surface area contributed by atoms with Gasteiger partial charge < -0.3 is 9.64 Å². The van der Waals surface area contributed by atoms with Crippen molar-refractivity contribution in [2.45, 2.75) is 31.5 Å². The second-order valence-electron chi connectivity index (χ2n) is 8.06. The highest BCUT2D eigenvalue weighted by atomic mass is 19.4. The Balaban J connectivity index is 1.43. The monoisotopic (exact) mass is 433 g/mol. The molecule has 31 heavy (non-hydrogen) atoms. The molecule has 4 rings (SSSR count). The van der Waals surface area contributed by atoms with E-state index in [1.165, 1.54) is 12.1 Å². The van der Waals surface area contributed by atoms with Gasteiger partial charge in [0, 0.05) is 31.7 Å². The number of ether oxygens (including phenoxy) is 1. The molecule has 2 aromatic rings. The van der Waals surface area contributed by atoms with E-state index < -0.39 is 11.7 Å². The van der Waals surface area contributed by atoms with E-state index in [0.29, 0.717) is 26.2 Å². The Kier molecular flexibility index (Phi) is 6.57. The average Bonchev–Trinajstić information content (AvgIpc) is 3.25. The van der Waals surface area contributed by atoms with Crippen LogP contribution in [0.3, 0.4) is 0 Å². The van der Waals surface area contributed by atoms with Gasteiger partial charge in [-0.3, -0.25) is 14.7 Å². The van der Waals surface area contributed by atoms with E-state index in [-0.39, 0.29) is 11.9 Å². The van der Waals surface area contributed by atoms with Crippen molar-refractivity contribution in [3.05, 3.63) is 65.0 Å². The number of nitrogens with zero attached hydrogens (tertiary/aromatic N) is 3. The molecule has 5 nitrogen and oxygen atoms in total. The van der Waals surface area contributed by atoms with Crippen LogP contribution < -0.4 is 0 Å². The fourth-order valence-corrected chi connectivity index (χ4v) is 4.22. The summed E-state index contributed by atoms with van der Waals surface area (Å²) in [6.45, 7) is 3.97. The molecule has 0 saturated carbocycles. The van der Waals surface area contributed by atoms with Crippen molar-refractivity contribution in [1.29, 1.82) is 0 Å². The molecule has 2 aliphatic rings. The number of likely N-dealkylation sites (tertiary alicyclic amines) is 1. The first-order chi connectivity index (χ1) is 14.9. The highest BCUT2D eigenvalue weighted by molar-refractivity contribution is 5.79. The van der Waals surface area contributed by atoms with Crippen molar-refractivity contribution < 1.29 is 22.7 Å². The lowest BCUT2D eigenvalue weighted by Gasteiger charge is -2.30. The Hall–Kier alpha value is -2.45. The molecule has 0 aliphatic carbocycles. The topological polar surface area (TPSA) is 45.7 Å². The Morgan fingerprint density at radius 3 is 2.52 bits per heavy atom. The molecule has 0 unspecified atom stereocenters. The average molecular weight is 433 g/mol. The number of morpholine rings is 1. The van der Waals surface area contributed by atoms with Gasteiger partial charge in [0.15, 0.2) is 0 Å². The van der Waals surface area contributed by atoms with Gasteiger partial charge in [-0.2, -0.15) is 13.2 Å². The molecule has 1 amide bonds. The summed E-state index contributed by atoms with van der Waals surface area (Å²) in [5.74, 6) is 0.111.